The first-order chi connectivity index (χ1) is 11.0. The number of amides is 1. The van der Waals surface area contributed by atoms with Crippen molar-refractivity contribution in [1.82, 2.24) is 14.9 Å². The summed E-state index contributed by atoms with van der Waals surface area (Å²) in [6, 6.07) is 0.842. The summed E-state index contributed by atoms with van der Waals surface area (Å²) in [5, 5.41) is 9.24. The van der Waals surface area contributed by atoms with E-state index in [-0.39, 0.29) is 11.9 Å². The Kier molecular flexibility index (Phi) is 4.91. The highest BCUT2D eigenvalue weighted by Gasteiger charge is 2.35. The molecule has 0 unspecified atom stereocenters. The minimum absolute atomic E-state index is 0.0620. The summed E-state index contributed by atoms with van der Waals surface area (Å²) in [6.07, 6.45) is -3.71. The molecule has 1 amide bonds. The molecule has 1 aliphatic heterocycles. The SMILES string of the molecule is CC(C)(C)N(CCC1CN(c2nccc(C(F)(F)F)n2)C1)C(=O)O. The molecule has 134 valence electrons. The lowest BCUT2D eigenvalue weighted by Gasteiger charge is -2.41. The highest BCUT2D eigenvalue weighted by molar-refractivity contribution is 5.65. The molecule has 6 nitrogen and oxygen atoms in total. The van der Waals surface area contributed by atoms with E-state index in [1.807, 2.05) is 20.8 Å². The van der Waals surface area contributed by atoms with Gasteiger partial charge >= 0.3 is 12.3 Å². The molecule has 1 aromatic rings. The third-order valence-electron chi connectivity index (χ3n) is 3.97. The predicted octanol–water partition coefficient (Wildman–Crippen LogP) is 3.10. The number of nitrogens with zero attached hydrogens (tertiary/aromatic N) is 4. The number of carboxylic acid groups (broad SMARTS) is 1. The first-order valence-electron chi connectivity index (χ1n) is 7.64. The molecule has 0 aromatic carbocycles. The van der Waals surface area contributed by atoms with Crippen molar-refractivity contribution in [3.05, 3.63) is 18.0 Å². The second kappa shape index (κ2) is 6.45. The first kappa shape index (κ1) is 18.3. The fourth-order valence-corrected chi connectivity index (χ4v) is 2.60. The standard InChI is InChI=1S/C15H21F3N4O2/c1-14(2,3)22(13(23)24)7-5-10-8-21(9-10)12-19-6-4-11(20-12)15(16,17)18/h4,6,10H,5,7-9H2,1-3H3,(H,23,24). The van der Waals surface area contributed by atoms with Crippen molar-refractivity contribution < 1.29 is 23.1 Å². The van der Waals surface area contributed by atoms with Crippen molar-refractivity contribution >= 4 is 12.0 Å². The Bertz CT molecular complexity index is 595. The number of anilines is 1. The maximum atomic E-state index is 12.7. The highest BCUT2D eigenvalue weighted by Crippen LogP contribution is 2.30. The Morgan fingerprint density at radius 1 is 1.38 bits per heavy atom. The van der Waals surface area contributed by atoms with Crippen LogP contribution in [0.3, 0.4) is 0 Å². The molecular formula is C15H21F3N4O2. The quantitative estimate of drug-likeness (QED) is 0.907. The maximum absolute atomic E-state index is 12.7. The van der Waals surface area contributed by atoms with Gasteiger partial charge in [0.1, 0.15) is 5.69 Å². The summed E-state index contributed by atoms with van der Waals surface area (Å²) in [4.78, 5) is 21.7. The van der Waals surface area contributed by atoms with Gasteiger partial charge in [0.05, 0.1) is 0 Å². The van der Waals surface area contributed by atoms with Crippen LogP contribution in [0, 0.1) is 5.92 Å². The van der Waals surface area contributed by atoms with E-state index in [1.165, 1.54) is 4.90 Å². The molecule has 0 spiro atoms. The average molecular weight is 346 g/mol. The third kappa shape index (κ3) is 4.27. The van der Waals surface area contributed by atoms with Gasteiger partial charge < -0.3 is 14.9 Å². The van der Waals surface area contributed by atoms with Gasteiger partial charge in [-0.05, 0) is 39.2 Å². The molecule has 0 saturated carbocycles. The molecule has 9 heteroatoms. The summed E-state index contributed by atoms with van der Waals surface area (Å²) < 4.78 is 38.0. The minimum atomic E-state index is -4.49. The van der Waals surface area contributed by atoms with Crippen LogP contribution in [0.4, 0.5) is 23.9 Å². The van der Waals surface area contributed by atoms with Crippen molar-refractivity contribution in [3.63, 3.8) is 0 Å². The average Bonchev–Trinajstić information content (AvgIpc) is 2.38. The zero-order valence-electron chi connectivity index (χ0n) is 13.8. The predicted molar refractivity (Wildman–Crippen MR) is 81.8 cm³/mol. The first-order valence-corrected chi connectivity index (χ1v) is 7.64. The van der Waals surface area contributed by atoms with E-state index in [9.17, 15) is 23.1 Å². The van der Waals surface area contributed by atoms with E-state index in [2.05, 4.69) is 9.97 Å². The molecule has 1 N–H and O–H groups in total. The lowest BCUT2D eigenvalue weighted by Crippen LogP contribution is -2.51. The van der Waals surface area contributed by atoms with E-state index >= 15 is 0 Å². The molecule has 24 heavy (non-hydrogen) atoms. The van der Waals surface area contributed by atoms with Crippen LogP contribution in [0.15, 0.2) is 12.3 Å². The highest BCUT2D eigenvalue weighted by atomic mass is 19.4. The number of rotatable bonds is 4. The van der Waals surface area contributed by atoms with Crippen molar-refractivity contribution in [1.29, 1.82) is 0 Å². The normalized spacial score (nSPS) is 16.0. The van der Waals surface area contributed by atoms with E-state index in [0.717, 1.165) is 12.3 Å². The summed E-state index contributed by atoms with van der Waals surface area (Å²) in [6.45, 7) is 6.92. The van der Waals surface area contributed by atoms with Crippen molar-refractivity contribution in [3.8, 4) is 0 Å². The number of halogens is 3. The zero-order valence-corrected chi connectivity index (χ0v) is 13.8. The Morgan fingerprint density at radius 3 is 2.50 bits per heavy atom. The van der Waals surface area contributed by atoms with E-state index in [0.29, 0.717) is 26.1 Å². The third-order valence-corrected chi connectivity index (χ3v) is 3.97. The zero-order chi connectivity index (χ0) is 18.1. The number of alkyl halides is 3. The Morgan fingerprint density at radius 2 is 2.00 bits per heavy atom. The topological polar surface area (TPSA) is 69.6 Å². The van der Waals surface area contributed by atoms with Crippen molar-refractivity contribution in [2.75, 3.05) is 24.5 Å². The smallest absolute Gasteiger partial charge is 0.433 e. The number of hydrogen-bond donors (Lipinski definition) is 1. The molecule has 0 atom stereocenters. The summed E-state index contributed by atoms with van der Waals surface area (Å²) in [5.74, 6) is 0.277. The Labute approximate surface area is 138 Å². The number of aromatic nitrogens is 2. The van der Waals surface area contributed by atoms with Gasteiger partial charge in [-0.25, -0.2) is 14.8 Å². The molecule has 0 aliphatic carbocycles. The minimum Gasteiger partial charge on any atom is -0.465 e. The molecule has 1 fully saturated rings. The number of hydrogen-bond acceptors (Lipinski definition) is 4. The second-order valence-corrected chi connectivity index (χ2v) is 6.90. The molecule has 1 saturated heterocycles. The lowest BCUT2D eigenvalue weighted by molar-refractivity contribution is -0.141. The van der Waals surface area contributed by atoms with Gasteiger partial charge in [0.15, 0.2) is 0 Å². The van der Waals surface area contributed by atoms with Crippen molar-refractivity contribution in [2.24, 2.45) is 5.92 Å². The molecule has 1 aromatic heterocycles. The molecular weight excluding hydrogens is 325 g/mol. The van der Waals surface area contributed by atoms with Crippen LogP contribution < -0.4 is 4.90 Å². The van der Waals surface area contributed by atoms with Crippen LogP contribution in [-0.4, -0.2) is 51.2 Å². The molecule has 2 heterocycles. The molecule has 0 bridgehead atoms. The van der Waals surface area contributed by atoms with Gasteiger partial charge in [-0.2, -0.15) is 13.2 Å². The summed E-state index contributed by atoms with van der Waals surface area (Å²) >= 11 is 0. The monoisotopic (exact) mass is 346 g/mol. The van der Waals surface area contributed by atoms with Crippen LogP contribution in [-0.2, 0) is 6.18 Å². The van der Waals surface area contributed by atoms with Crippen LogP contribution in [0.25, 0.3) is 0 Å². The summed E-state index contributed by atoms with van der Waals surface area (Å²) in [5.41, 5.74) is -1.44. The van der Waals surface area contributed by atoms with Crippen LogP contribution >= 0.6 is 0 Å². The van der Waals surface area contributed by atoms with E-state index < -0.39 is 23.5 Å². The Balaban J connectivity index is 1.89. The van der Waals surface area contributed by atoms with Gasteiger partial charge in [-0.1, -0.05) is 0 Å². The van der Waals surface area contributed by atoms with Gasteiger partial charge in [0.25, 0.3) is 0 Å². The molecule has 0 radical (unpaired) electrons. The Hall–Kier alpha value is -2.06. The van der Waals surface area contributed by atoms with Crippen LogP contribution in [0.5, 0.6) is 0 Å². The van der Waals surface area contributed by atoms with Crippen molar-refractivity contribution in [2.45, 2.75) is 38.9 Å². The number of carbonyl (C=O) groups is 1. The van der Waals surface area contributed by atoms with Crippen LogP contribution in [0.2, 0.25) is 0 Å². The molecule has 1 aliphatic rings. The lowest BCUT2D eigenvalue weighted by atomic mass is 9.95. The van der Waals surface area contributed by atoms with Gasteiger partial charge in [-0.3, -0.25) is 0 Å². The second-order valence-electron chi connectivity index (χ2n) is 6.90. The summed E-state index contributed by atoms with van der Waals surface area (Å²) in [7, 11) is 0. The molecule has 2 rings (SSSR count). The van der Waals surface area contributed by atoms with E-state index in [4.69, 9.17) is 0 Å². The van der Waals surface area contributed by atoms with Crippen LogP contribution in [0.1, 0.15) is 32.9 Å². The fraction of sp³-hybridized carbons (Fsp3) is 0.667. The van der Waals surface area contributed by atoms with Gasteiger partial charge in [0, 0.05) is 31.4 Å². The van der Waals surface area contributed by atoms with E-state index in [1.54, 1.807) is 4.90 Å². The fourth-order valence-electron chi connectivity index (χ4n) is 2.60. The maximum Gasteiger partial charge on any atom is 0.433 e. The van der Waals surface area contributed by atoms with Gasteiger partial charge in [-0.15, -0.1) is 0 Å². The largest absolute Gasteiger partial charge is 0.465 e. The van der Waals surface area contributed by atoms with Gasteiger partial charge in [0.2, 0.25) is 5.95 Å².